The molecule has 0 aliphatic carbocycles. The summed E-state index contributed by atoms with van der Waals surface area (Å²) >= 11 is 0. The first-order valence-corrected chi connectivity index (χ1v) is 10.1. The maximum atomic E-state index is 12.1. The number of nitro groups is 1. The van der Waals surface area contributed by atoms with Crippen molar-refractivity contribution < 1.29 is 21.8 Å². The summed E-state index contributed by atoms with van der Waals surface area (Å²) < 4.78 is 52.5. The van der Waals surface area contributed by atoms with Crippen molar-refractivity contribution in [3.8, 4) is 0 Å². The first kappa shape index (κ1) is 18.8. The first-order valence-electron chi connectivity index (χ1n) is 6.99. The monoisotopic (exact) mass is 385 g/mol. The second-order valence-corrected chi connectivity index (χ2v) is 8.55. The van der Waals surface area contributed by atoms with Crippen molar-refractivity contribution in [3.63, 3.8) is 0 Å². The normalized spacial score (nSPS) is 11.8. The molecule has 0 bridgehead atoms. The van der Waals surface area contributed by atoms with Crippen LogP contribution in [0.4, 0.5) is 11.4 Å². The zero-order valence-electron chi connectivity index (χ0n) is 12.8. The van der Waals surface area contributed by atoms with E-state index >= 15 is 0 Å². The fourth-order valence-corrected chi connectivity index (χ4v) is 4.06. The van der Waals surface area contributed by atoms with Crippen LogP contribution >= 0.6 is 0 Å². The standard InChI is InChI=1S/C14H15N3O6S2/c18-17(19)13-7-4-8-14(11-13)25(22,23)15-9-10-24(20,21)16-12-5-2-1-3-6-12/h1-8,11,15-16H,9-10H2. The van der Waals surface area contributed by atoms with Crippen LogP contribution < -0.4 is 9.44 Å². The van der Waals surface area contributed by atoms with Gasteiger partial charge in [0, 0.05) is 24.4 Å². The molecule has 134 valence electrons. The lowest BCUT2D eigenvalue weighted by atomic mass is 10.3. The number of nitrogens with zero attached hydrogens (tertiary/aromatic N) is 1. The predicted octanol–water partition coefficient (Wildman–Crippen LogP) is 1.31. The fourth-order valence-electron chi connectivity index (χ4n) is 1.89. The van der Waals surface area contributed by atoms with Gasteiger partial charge >= 0.3 is 0 Å². The Morgan fingerprint density at radius 3 is 2.28 bits per heavy atom. The van der Waals surface area contributed by atoms with Crippen molar-refractivity contribution in [2.24, 2.45) is 0 Å². The van der Waals surface area contributed by atoms with Gasteiger partial charge in [0.15, 0.2) is 0 Å². The summed E-state index contributed by atoms with van der Waals surface area (Å²) in [4.78, 5) is 9.68. The Labute approximate surface area is 144 Å². The second kappa shape index (κ2) is 7.59. The molecular weight excluding hydrogens is 370 g/mol. The van der Waals surface area contributed by atoms with Gasteiger partial charge in [0.25, 0.3) is 5.69 Å². The minimum atomic E-state index is -4.06. The number of nitro benzene ring substituents is 1. The number of anilines is 1. The molecule has 0 amide bonds. The second-order valence-electron chi connectivity index (χ2n) is 4.94. The molecule has 2 aromatic rings. The molecular formula is C14H15N3O6S2. The molecule has 2 N–H and O–H groups in total. The van der Waals surface area contributed by atoms with Gasteiger partial charge in [-0.2, -0.15) is 0 Å². The molecule has 25 heavy (non-hydrogen) atoms. The number of benzene rings is 2. The van der Waals surface area contributed by atoms with Gasteiger partial charge < -0.3 is 0 Å². The number of nitrogens with one attached hydrogen (secondary N) is 2. The highest BCUT2D eigenvalue weighted by molar-refractivity contribution is 7.92. The molecule has 0 fully saturated rings. The van der Waals surface area contributed by atoms with E-state index in [0.717, 1.165) is 12.1 Å². The smallest absolute Gasteiger partial charge is 0.270 e. The van der Waals surface area contributed by atoms with E-state index in [2.05, 4.69) is 9.44 Å². The summed E-state index contributed by atoms with van der Waals surface area (Å²) in [5.41, 5.74) is -0.00900. The Bertz CT molecular complexity index is 959. The van der Waals surface area contributed by atoms with Gasteiger partial charge in [0.1, 0.15) is 0 Å². The SMILES string of the molecule is O=[N+]([O-])c1cccc(S(=O)(=O)NCCS(=O)(=O)Nc2ccccc2)c1. The van der Waals surface area contributed by atoms with Crippen LogP contribution in [0.25, 0.3) is 0 Å². The zero-order chi connectivity index (χ0) is 18.5. The molecule has 0 aliphatic heterocycles. The Hall–Kier alpha value is -2.50. The van der Waals surface area contributed by atoms with Crippen molar-refractivity contribution in [1.29, 1.82) is 0 Å². The van der Waals surface area contributed by atoms with Crippen LogP contribution in [-0.4, -0.2) is 34.1 Å². The average molecular weight is 385 g/mol. The number of sulfonamides is 2. The molecule has 0 spiro atoms. The van der Waals surface area contributed by atoms with Crippen molar-refractivity contribution >= 4 is 31.4 Å². The van der Waals surface area contributed by atoms with E-state index in [1.165, 1.54) is 12.1 Å². The third kappa shape index (κ3) is 5.52. The highest BCUT2D eigenvalue weighted by atomic mass is 32.2. The highest BCUT2D eigenvalue weighted by Crippen LogP contribution is 2.17. The lowest BCUT2D eigenvalue weighted by Crippen LogP contribution is -2.31. The lowest BCUT2D eigenvalue weighted by molar-refractivity contribution is -0.385. The number of rotatable bonds is 8. The van der Waals surface area contributed by atoms with Gasteiger partial charge in [-0.1, -0.05) is 24.3 Å². The molecule has 0 radical (unpaired) electrons. The fraction of sp³-hybridized carbons (Fsp3) is 0.143. The van der Waals surface area contributed by atoms with E-state index in [0.29, 0.717) is 5.69 Å². The number of hydrogen-bond donors (Lipinski definition) is 2. The van der Waals surface area contributed by atoms with Crippen LogP contribution in [-0.2, 0) is 20.0 Å². The van der Waals surface area contributed by atoms with Crippen LogP contribution in [0, 0.1) is 10.1 Å². The van der Waals surface area contributed by atoms with Crippen molar-refractivity contribution in [1.82, 2.24) is 4.72 Å². The summed E-state index contributed by atoms with van der Waals surface area (Å²) in [7, 11) is -7.80. The van der Waals surface area contributed by atoms with E-state index in [9.17, 15) is 26.9 Å². The average Bonchev–Trinajstić information content (AvgIpc) is 2.55. The van der Waals surface area contributed by atoms with Gasteiger partial charge in [0.2, 0.25) is 20.0 Å². The molecule has 11 heteroatoms. The summed E-state index contributed by atoms with van der Waals surface area (Å²) in [6, 6.07) is 12.6. The van der Waals surface area contributed by atoms with E-state index in [-0.39, 0.29) is 17.1 Å². The number of hydrogen-bond acceptors (Lipinski definition) is 6. The van der Waals surface area contributed by atoms with Crippen LogP contribution in [0.3, 0.4) is 0 Å². The summed E-state index contributed by atoms with van der Waals surface area (Å²) in [5, 5.41) is 10.7. The van der Waals surface area contributed by atoms with Crippen molar-refractivity contribution in [2.45, 2.75) is 4.90 Å². The number of non-ortho nitro benzene ring substituents is 1. The molecule has 2 aromatic carbocycles. The quantitative estimate of drug-likeness (QED) is 0.519. The predicted molar refractivity (Wildman–Crippen MR) is 92.1 cm³/mol. The van der Waals surface area contributed by atoms with Crippen LogP contribution in [0.1, 0.15) is 0 Å². The minimum Gasteiger partial charge on any atom is -0.284 e. The molecule has 0 heterocycles. The maximum Gasteiger partial charge on any atom is 0.270 e. The Kier molecular flexibility index (Phi) is 5.72. The first-order chi connectivity index (χ1) is 11.7. The Morgan fingerprint density at radius 2 is 1.64 bits per heavy atom. The van der Waals surface area contributed by atoms with Crippen LogP contribution in [0.15, 0.2) is 59.5 Å². The highest BCUT2D eigenvalue weighted by Gasteiger charge is 2.19. The van der Waals surface area contributed by atoms with Gasteiger partial charge in [-0.05, 0) is 18.2 Å². The molecule has 0 aliphatic rings. The van der Waals surface area contributed by atoms with Crippen LogP contribution in [0.2, 0.25) is 0 Å². The van der Waals surface area contributed by atoms with E-state index in [1.54, 1.807) is 30.3 Å². The molecule has 2 rings (SSSR count). The lowest BCUT2D eigenvalue weighted by Gasteiger charge is -2.09. The molecule has 0 aromatic heterocycles. The van der Waals surface area contributed by atoms with Crippen molar-refractivity contribution in [2.75, 3.05) is 17.0 Å². The van der Waals surface area contributed by atoms with E-state index in [1.807, 2.05) is 0 Å². The van der Waals surface area contributed by atoms with Gasteiger partial charge in [-0.3, -0.25) is 14.8 Å². The third-order valence-corrected chi connectivity index (χ3v) is 5.80. The molecule has 0 saturated heterocycles. The van der Waals surface area contributed by atoms with E-state index < -0.39 is 30.7 Å². The molecule has 0 atom stereocenters. The van der Waals surface area contributed by atoms with Gasteiger partial charge in [0.05, 0.1) is 15.6 Å². The minimum absolute atomic E-state index is 0.310. The molecule has 0 unspecified atom stereocenters. The summed E-state index contributed by atoms with van der Waals surface area (Å²) in [6.07, 6.45) is 0. The van der Waals surface area contributed by atoms with Gasteiger partial charge in [-0.25, -0.2) is 21.6 Å². The van der Waals surface area contributed by atoms with Gasteiger partial charge in [-0.15, -0.1) is 0 Å². The van der Waals surface area contributed by atoms with E-state index in [4.69, 9.17) is 0 Å². The summed E-state index contributed by atoms with van der Waals surface area (Å²) in [5.74, 6) is -0.490. The maximum absolute atomic E-state index is 12.1. The zero-order valence-corrected chi connectivity index (χ0v) is 14.5. The van der Waals surface area contributed by atoms with Crippen molar-refractivity contribution in [3.05, 3.63) is 64.7 Å². The molecule has 0 saturated carbocycles. The Balaban J connectivity index is 2.00. The molecule has 9 nitrogen and oxygen atoms in total. The Morgan fingerprint density at radius 1 is 0.960 bits per heavy atom. The summed E-state index contributed by atoms with van der Waals surface area (Å²) in [6.45, 7) is -0.382. The van der Waals surface area contributed by atoms with Crippen LogP contribution in [0.5, 0.6) is 0 Å². The topological polar surface area (TPSA) is 135 Å². The number of para-hydroxylation sites is 1. The largest absolute Gasteiger partial charge is 0.284 e. The third-order valence-electron chi connectivity index (χ3n) is 3.05.